The molecule has 2 heterocycles. The molecule has 0 radical (unpaired) electrons. The van der Waals surface area contributed by atoms with Crippen LogP contribution in [0.2, 0.25) is 0 Å². The average Bonchev–Trinajstić information content (AvgIpc) is 3.02. The van der Waals surface area contributed by atoms with Gasteiger partial charge in [0.1, 0.15) is 5.71 Å². The maximum absolute atomic E-state index is 9.11. The highest BCUT2D eigenvalue weighted by molar-refractivity contribution is 6.62. The molecule has 1 aliphatic rings. The molecule has 5 aromatic rings. The van der Waals surface area contributed by atoms with Crippen LogP contribution in [-0.4, -0.2) is 21.4 Å². The van der Waals surface area contributed by atoms with Gasteiger partial charge in [0, 0.05) is 41.5 Å². The van der Waals surface area contributed by atoms with Crippen molar-refractivity contribution in [3.05, 3.63) is 151 Å². The van der Waals surface area contributed by atoms with E-state index >= 15 is 0 Å². The third-order valence-corrected chi connectivity index (χ3v) is 6.56. The van der Waals surface area contributed by atoms with E-state index in [2.05, 4.69) is 63.0 Å². The van der Waals surface area contributed by atoms with E-state index < -0.39 is 0 Å². The number of aromatic nitrogens is 2. The normalized spacial score (nSPS) is 14.1. The molecule has 0 aliphatic heterocycles. The lowest BCUT2D eigenvalue weighted by atomic mass is 9.86. The standard InChI is InChI=1S/C34H25N5/c35-34-32(27-11-5-9-25(19-27)29-13-7-17-37-23-29)20-30(21-33(34)39-38-31-14-2-1-3-15-31)26-10-4-8-24(18-26)28-12-6-16-36-22-28/h1-23,35,38H/b35-34?,39-33-. The van der Waals surface area contributed by atoms with Crippen molar-refractivity contribution in [3.63, 3.8) is 0 Å². The Morgan fingerprint density at radius 1 is 0.564 bits per heavy atom. The molecule has 0 amide bonds. The van der Waals surface area contributed by atoms with Crippen LogP contribution in [0.5, 0.6) is 0 Å². The van der Waals surface area contributed by atoms with Crippen molar-refractivity contribution in [2.45, 2.75) is 0 Å². The molecular formula is C34H25N5. The summed E-state index contributed by atoms with van der Waals surface area (Å²) in [6.45, 7) is 0. The maximum atomic E-state index is 9.11. The molecule has 5 nitrogen and oxygen atoms in total. The Balaban J connectivity index is 1.44. The number of nitrogens with zero attached hydrogens (tertiary/aromatic N) is 3. The predicted molar refractivity (Wildman–Crippen MR) is 161 cm³/mol. The van der Waals surface area contributed by atoms with Crippen LogP contribution in [0.15, 0.2) is 145 Å². The molecule has 0 atom stereocenters. The fourth-order valence-electron chi connectivity index (χ4n) is 4.56. The molecule has 3 aromatic carbocycles. The summed E-state index contributed by atoms with van der Waals surface area (Å²) in [5.41, 5.74) is 12.9. The van der Waals surface area contributed by atoms with Crippen LogP contribution in [0.4, 0.5) is 5.69 Å². The molecule has 0 unspecified atom stereocenters. The van der Waals surface area contributed by atoms with E-state index in [9.17, 15) is 0 Å². The second kappa shape index (κ2) is 10.9. The van der Waals surface area contributed by atoms with Gasteiger partial charge in [-0.2, -0.15) is 5.10 Å². The van der Waals surface area contributed by atoms with Crippen molar-refractivity contribution >= 4 is 28.3 Å². The summed E-state index contributed by atoms with van der Waals surface area (Å²) in [7, 11) is 0. The predicted octanol–water partition coefficient (Wildman–Crippen LogP) is 7.78. The maximum Gasteiger partial charge on any atom is 0.109 e. The van der Waals surface area contributed by atoms with Crippen LogP contribution in [0.1, 0.15) is 11.1 Å². The lowest BCUT2D eigenvalue weighted by molar-refractivity contribution is 1.33. The number of nitrogens with one attached hydrogen (secondary N) is 2. The van der Waals surface area contributed by atoms with Crippen LogP contribution >= 0.6 is 0 Å². The Bertz CT molecular complexity index is 1720. The fourth-order valence-corrected chi connectivity index (χ4v) is 4.56. The number of hydrazone groups is 1. The zero-order chi connectivity index (χ0) is 26.4. The molecule has 2 aromatic heterocycles. The monoisotopic (exact) mass is 503 g/mol. The minimum absolute atomic E-state index is 0.355. The van der Waals surface area contributed by atoms with Crippen molar-refractivity contribution in [3.8, 4) is 22.3 Å². The highest BCUT2D eigenvalue weighted by Gasteiger charge is 2.21. The lowest BCUT2D eigenvalue weighted by Gasteiger charge is -2.19. The first-order valence-electron chi connectivity index (χ1n) is 12.7. The first-order chi connectivity index (χ1) is 19.2. The number of allylic oxidation sites excluding steroid dienone is 4. The second-order valence-corrected chi connectivity index (χ2v) is 9.15. The molecular weight excluding hydrogens is 478 g/mol. The molecule has 0 spiro atoms. The molecule has 5 heteroatoms. The Morgan fingerprint density at radius 2 is 1.15 bits per heavy atom. The van der Waals surface area contributed by atoms with Gasteiger partial charge in [0.05, 0.1) is 11.4 Å². The summed E-state index contributed by atoms with van der Waals surface area (Å²) >= 11 is 0. The third-order valence-electron chi connectivity index (χ3n) is 6.56. The first-order valence-corrected chi connectivity index (χ1v) is 12.7. The molecule has 0 fully saturated rings. The number of hydrogen-bond donors (Lipinski definition) is 2. The quantitative estimate of drug-likeness (QED) is 0.184. The average molecular weight is 504 g/mol. The van der Waals surface area contributed by atoms with Gasteiger partial charge < -0.3 is 0 Å². The molecule has 186 valence electrons. The number of rotatable bonds is 6. The minimum atomic E-state index is 0.355. The van der Waals surface area contributed by atoms with Gasteiger partial charge in [-0.25, -0.2) is 0 Å². The van der Waals surface area contributed by atoms with E-state index in [4.69, 9.17) is 5.41 Å². The topological polar surface area (TPSA) is 74.0 Å². The van der Waals surface area contributed by atoms with Crippen molar-refractivity contribution in [1.82, 2.24) is 9.97 Å². The van der Waals surface area contributed by atoms with Crippen molar-refractivity contribution < 1.29 is 0 Å². The van der Waals surface area contributed by atoms with Gasteiger partial charge in [-0.1, -0.05) is 66.7 Å². The smallest absolute Gasteiger partial charge is 0.109 e. The second-order valence-electron chi connectivity index (χ2n) is 9.15. The van der Waals surface area contributed by atoms with E-state index in [0.717, 1.165) is 50.2 Å². The molecule has 1 aliphatic carbocycles. The van der Waals surface area contributed by atoms with E-state index in [1.54, 1.807) is 12.4 Å². The summed E-state index contributed by atoms with van der Waals surface area (Å²) in [6, 6.07) is 34.3. The Morgan fingerprint density at radius 3 is 1.79 bits per heavy atom. The van der Waals surface area contributed by atoms with Crippen LogP contribution in [-0.2, 0) is 0 Å². The van der Waals surface area contributed by atoms with Crippen LogP contribution in [0, 0.1) is 5.41 Å². The van der Waals surface area contributed by atoms with Gasteiger partial charge in [0.25, 0.3) is 0 Å². The molecule has 2 N–H and O–H groups in total. The SMILES string of the molecule is N=C1C(c2cccc(-c3cccnc3)c2)=CC(c2cccc(-c3cccnc3)c2)=C/C1=N/Nc1ccccc1. The van der Waals surface area contributed by atoms with Gasteiger partial charge in [0.2, 0.25) is 0 Å². The van der Waals surface area contributed by atoms with Crippen molar-refractivity contribution in [2.75, 3.05) is 5.43 Å². The Labute approximate surface area is 227 Å². The van der Waals surface area contributed by atoms with Crippen LogP contribution in [0.25, 0.3) is 33.4 Å². The number of benzene rings is 3. The van der Waals surface area contributed by atoms with E-state index in [1.165, 1.54) is 0 Å². The molecule has 39 heavy (non-hydrogen) atoms. The van der Waals surface area contributed by atoms with E-state index in [0.29, 0.717) is 11.4 Å². The van der Waals surface area contributed by atoms with E-state index in [1.807, 2.05) is 85.2 Å². The van der Waals surface area contributed by atoms with Crippen LogP contribution in [0.3, 0.4) is 0 Å². The number of hydrogen-bond acceptors (Lipinski definition) is 5. The summed E-state index contributed by atoms with van der Waals surface area (Å²) in [5, 5.41) is 13.8. The van der Waals surface area contributed by atoms with Crippen molar-refractivity contribution in [1.29, 1.82) is 5.41 Å². The van der Waals surface area contributed by atoms with E-state index in [-0.39, 0.29) is 0 Å². The highest BCUT2D eigenvalue weighted by atomic mass is 15.3. The molecule has 0 bridgehead atoms. The molecule has 6 rings (SSSR count). The minimum Gasteiger partial charge on any atom is -0.298 e. The molecule has 0 saturated carbocycles. The number of para-hydroxylation sites is 1. The largest absolute Gasteiger partial charge is 0.298 e. The highest BCUT2D eigenvalue weighted by Crippen LogP contribution is 2.32. The summed E-state index contributed by atoms with van der Waals surface area (Å²) in [6.07, 6.45) is 11.3. The number of anilines is 1. The van der Waals surface area contributed by atoms with Crippen molar-refractivity contribution in [2.24, 2.45) is 5.10 Å². The number of pyridine rings is 2. The van der Waals surface area contributed by atoms with Gasteiger partial charge in [-0.05, 0) is 76.4 Å². The molecule has 0 saturated heterocycles. The van der Waals surface area contributed by atoms with Gasteiger partial charge in [0.15, 0.2) is 0 Å². The van der Waals surface area contributed by atoms with Gasteiger partial charge in [-0.3, -0.25) is 20.8 Å². The Kier molecular flexibility index (Phi) is 6.70. The van der Waals surface area contributed by atoms with Gasteiger partial charge >= 0.3 is 0 Å². The third kappa shape index (κ3) is 5.33. The summed E-state index contributed by atoms with van der Waals surface area (Å²) in [4.78, 5) is 8.55. The Hall–Kier alpha value is -5.42. The zero-order valence-electron chi connectivity index (χ0n) is 21.1. The summed E-state index contributed by atoms with van der Waals surface area (Å²) in [5.74, 6) is 0. The summed E-state index contributed by atoms with van der Waals surface area (Å²) < 4.78 is 0. The zero-order valence-corrected chi connectivity index (χ0v) is 21.1. The fraction of sp³-hybridized carbons (Fsp3) is 0. The van der Waals surface area contributed by atoms with Gasteiger partial charge in [-0.15, -0.1) is 0 Å². The first kappa shape index (κ1) is 23.9. The lowest BCUT2D eigenvalue weighted by Crippen LogP contribution is -2.18. The van der Waals surface area contributed by atoms with Crippen LogP contribution < -0.4 is 5.43 Å².